The number of aromatic nitrogens is 1. The summed E-state index contributed by atoms with van der Waals surface area (Å²) in [5.41, 5.74) is 4.22. The van der Waals surface area contributed by atoms with Gasteiger partial charge in [0.25, 0.3) is 17.7 Å². The van der Waals surface area contributed by atoms with E-state index in [4.69, 9.17) is 0 Å². The number of imide groups is 1. The van der Waals surface area contributed by atoms with E-state index < -0.39 is 5.91 Å². The zero-order valence-corrected chi connectivity index (χ0v) is 18.9. The Morgan fingerprint density at radius 2 is 1.76 bits per heavy atom. The Morgan fingerprint density at radius 3 is 2.45 bits per heavy atom. The number of carbonyl (C=O) groups is 3. The lowest BCUT2D eigenvalue weighted by Gasteiger charge is -2.29. The molecule has 1 aliphatic carbocycles. The molecule has 0 bridgehead atoms. The number of nitrogens with zero attached hydrogens (tertiary/aromatic N) is 3. The molecule has 3 amide bonds. The van der Waals surface area contributed by atoms with Crippen molar-refractivity contribution in [3.63, 3.8) is 0 Å². The molecule has 33 heavy (non-hydrogen) atoms. The average Bonchev–Trinajstić information content (AvgIpc) is 3.62. The topological polar surface area (TPSA) is 70.6 Å². The highest BCUT2D eigenvalue weighted by atomic mass is 16.2. The van der Waals surface area contributed by atoms with Crippen LogP contribution in [0.5, 0.6) is 0 Å². The molecule has 3 aromatic rings. The summed E-state index contributed by atoms with van der Waals surface area (Å²) >= 11 is 0. The molecular formula is C27H25N3O3. The zero-order chi connectivity index (χ0) is 23.3. The first kappa shape index (κ1) is 21.1. The smallest absolute Gasteiger partial charge is 0.266 e. The number of amides is 3. The van der Waals surface area contributed by atoms with Crippen molar-refractivity contribution >= 4 is 23.4 Å². The molecule has 6 nitrogen and oxygen atoms in total. The Bertz CT molecular complexity index is 1280. The predicted molar refractivity (Wildman–Crippen MR) is 125 cm³/mol. The largest absolute Gasteiger partial charge is 0.327 e. The third-order valence-electron chi connectivity index (χ3n) is 6.45. The average molecular weight is 440 g/mol. The molecule has 2 heterocycles. The van der Waals surface area contributed by atoms with Crippen LogP contribution in [-0.4, -0.2) is 33.6 Å². The molecule has 2 aliphatic rings. The van der Waals surface area contributed by atoms with E-state index in [1.165, 1.54) is 4.90 Å². The quantitative estimate of drug-likeness (QED) is 0.532. The number of aryl methyl sites for hydroxylation is 2. The molecule has 1 fully saturated rings. The Hall–Kier alpha value is -3.80. The van der Waals surface area contributed by atoms with Crippen molar-refractivity contribution in [1.82, 2.24) is 9.88 Å². The predicted octanol–water partition coefficient (Wildman–Crippen LogP) is 4.86. The molecule has 1 saturated carbocycles. The lowest BCUT2D eigenvalue weighted by Crippen LogP contribution is -2.36. The van der Waals surface area contributed by atoms with Gasteiger partial charge in [0.1, 0.15) is 0 Å². The minimum Gasteiger partial charge on any atom is -0.327 e. The molecule has 0 saturated heterocycles. The van der Waals surface area contributed by atoms with Crippen molar-refractivity contribution in [1.29, 1.82) is 0 Å². The van der Waals surface area contributed by atoms with E-state index >= 15 is 0 Å². The van der Waals surface area contributed by atoms with Gasteiger partial charge >= 0.3 is 0 Å². The lowest BCUT2D eigenvalue weighted by molar-refractivity contribution is 0.0670. The molecule has 5 rings (SSSR count). The van der Waals surface area contributed by atoms with Crippen molar-refractivity contribution < 1.29 is 14.4 Å². The molecule has 2 aromatic carbocycles. The maximum atomic E-state index is 13.6. The van der Waals surface area contributed by atoms with E-state index in [0.29, 0.717) is 16.8 Å². The molecular weight excluding hydrogens is 414 g/mol. The van der Waals surface area contributed by atoms with Gasteiger partial charge in [-0.1, -0.05) is 18.2 Å². The van der Waals surface area contributed by atoms with E-state index in [0.717, 1.165) is 29.7 Å². The van der Waals surface area contributed by atoms with E-state index in [2.05, 4.69) is 4.98 Å². The van der Waals surface area contributed by atoms with Crippen LogP contribution in [0.3, 0.4) is 0 Å². The minimum absolute atomic E-state index is 0.149. The summed E-state index contributed by atoms with van der Waals surface area (Å²) in [5, 5.41) is 0. The maximum Gasteiger partial charge on any atom is 0.266 e. The number of pyridine rings is 1. The van der Waals surface area contributed by atoms with Crippen molar-refractivity contribution in [2.24, 2.45) is 0 Å². The van der Waals surface area contributed by atoms with Crippen molar-refractivity contribution in [2.45, 2.75) is 45.7 Å². The van der Waals surface area contributed by atoms with Crippen LogP contribution in [0.4, 0.5) is 5.69 Å². The van der Waals surface area contributed by atoms with Crippen LogP contribution in [0.15, 0.2) is 60.8 Å². The molecule has 1 unspecified atom stereocenters. The van der Waals surface area contributed by atoms with Gasteiger partial charge in [-0.2, -0.15) is 0 Å². The summed E-state index contributed by atoms with van der Waals surface area (Å²) in [6.45, 7) is 5.77. The van der Waals surface area contributed by atoms with Gasteiger partial charge in [0.05, 0.1) is 28.6 Å². The first-order valence-electron chi connectivity index (χ1n) is 11.2. The molecule has 1 aromatic heterocycles. The number of carbonyl (C=O) groups excluding carboxylic acids is 3. The fourth-order valence-corrected chi connectivity index (χ4v) is 4.48. The van der Waals surface area contributed by atoms with Gasteiger partial charge in [-0.05, 0) is 81.1 Å². The Kier molecular flexibility index (Phi) is 5.08. The van der Waals surface area contributed by atoms with Crippen LogP contribution in [0.2, 0.25) is 0 Å². The van der Waals surface area contributed by atoms with Crippen LogP contribution in [0, 0.1) is 13.8 Å². The Morgan fingerprint density at radius 1 is 1.00 bits per heavy atom. The van der Waals surface area contributed by atoms with E-state index in [1.54, 1.807) is 24.4 Å². The zero-order valence-electron chi connectivity index (χ0n) is 18.9. The summed E-state index contributed by atoms with van der Waals surface area (Å²) in [6, 6.07) is 16.2. The summed E-state index contributed by atoms with van der Waals surface area (Å²) in [4.78, 5) is 47.5. The van der Waals surface area contributed by atoms with Gasteiger partial charge < -0.3 is 4.90 Å². The van der Waals surface area contributed by atoms with Crippen LogP contribution in [0.1, 0.15) is 73.7 Å². The maximum absolute atomic E-state index is 13.6. The van der Waals surface area contributed by atoms with Gasteiger partial charge in [0.2, 0.25) is 0 Å². The van der Waals surface area contributed by atoms with Crippen LogP contribution in [0.25, 0.3) is 0 Å². The molecule has 1 aliphatic heterocycles. The van der Waals surface area contributed by atoms with E-state index in [-0.39, 0.29) is 29.5 Å². The van der Waals surface area contributed by atoms with Gasteiger partial charge in [-0.3, -0.25) is 19.4 Å². The second-order valence-electron chi connectivity index (χ2n) is 8.87. The Balaban J connectivity index is 1.49. The van der Waals surface area contributed by atoms with Crippen LogP contribution in [-0.2, 0) is 0 Å². The Labute approximate surface area is 192 Å². The third-order valence-corrected chi connectivity index (χ3v) is 6.45. The van der Waals surface area contributed by atoms with Crippen molar-refractivity contribution in [2.75, 3.05) is 4.90 Å². The normalized spacial score (nSPS) is 16.0. The van der Waals surface area contributed by atoms with Crippen LogP contribution < -0.4 is 4.90 Å². The number of hydrogen-bond donors (Lipinski definition) is 0. The minimum atomic E-state index is -0.394. The molecule has 1 atom stereocenters. The number of benzene rings is 2. The van der Waals surface area contributed by atoms with Crippen molar-refractivity contribution in [3.8, 4) is 0 Å². The van der Waals surface area contributed by atoms with Gasteiger partial charge in [0, 0.05) is 17.8 Å². The molecule has 166 valence electrons. The highest BCUT2D eigenvalue weighted by molar-refractivity contribution is 6.35. The number of anilines is 1. The fourth-order valence-electron chi connectivity index (χ4n) is 4.48. The highest BCUT2D eigenvalue weighted by Crippen LogP contribution is 2.36. The van der Waals surface area contributed by atoms with E-state index in [1.807, 2.05) is 62.1 Å². The third kappa shape index (κ3) is 3.61. The van der Waals surface area contributed by atoms with Crippen molar-refractivity contribution in [3.05, 3.63) is 94.3 Å². The first-order valence-corrected chi connectivity index (χ1v) is 11.2. The number of rotatable bonds is 5. The van der Waals surface area contributed by atoms with E-state index in [9.17, 15) is 14.4 Å². The van der Waals surface area contributed by atoms with Gasteiger partial charge in [-0.25, -0.2) is 4.90 Å². The summed E-state index contributed by atoms with van der Waals surface area (Å²) < 4.78 is 0. The van der Waals surface area contributed by atoms with Gasteiger partial charge in [0.15, 0.2) is 0 Å². The number of fused-ring (bicyclic) bond motifs is 1. The number of hydrogen-bond acceptors (Lipinski definition) is 4. The second-order valence-corrected chi connectivity index (χ2v) is 8.87. The molecule has 0 spiro atoms. The lowest BCUT2D eigenvalue weighted by atomic mass is 10.0. The standard InChI is InChI=1S/C27H25N3O3/c1-16-7-8-17(2)24(14-16)30-26(32)21-12-9-19(15-22(21)27(30)33)25(31)29(20-10-11-20)18(3)23-6-4-5-13-28-23/h4-9,12-15,18,20H,10-11H2,1-3H3. The summed E-state index contributed by atoms with van der Waals surface area (Å²) in [7, 11) is 0. The molecule has 0 radical (unpaired) electrons. The molecule has 6 heteroatoms. The highest BCUT2D eigenvalue weighted by Gasteiger charge is 2.40. The van der Waals surface area contributed by atoms with Crippen LogP contribution >= 0.6 is 0 Å². The monoisotopic (exact) mass is 439 g/mol. The summed E-state index contributed by atoms with van der Waals surface area (Å²) in [5.74, 6) is -0.901. The summed E-state index contributed by atoms with van der Waals surface area (Å²) in [6.07, 6.45) is 3.63. The molecule has 0 N–H and O–H groups in total. The SMILES string of the molecule is Cc1ccc(C)c(N2C(=O)c3ccc(C(=O)N(C4CC4)C(C)c4ccccn4)cc3C2=O)c1. The van der Waals surface area contributed by atoms with Gasteiger partial charge in [-0.15, -0.1) is 0 Å². The second kappa shape index (κ2) is 7.96. The fraction of sp³-hybridized carbons (Fsp3) is 0.259. The first-order chi connectivity index (χ1) is 15.9.